The van der Waals surface area contributed by atoms with Crippen molar-refractivity contribution in [3.8, 4) is 5.75 Å². The summed E-state index contributed by atoms with van der Waals surface area (Å²) >= 11 is 12.8. The van der Waals surface area contributed by atoms with Crippen molar-refractivity contribution in [3.63, 3.8) is 0 Å². The maximum atomic E-state index is 12.1. The zero-order valence-corrected chi connectivity index (χ0v) is 17.0. The van der Waals surface area contributed by atoms with Gasteiger partial charge < -0.3 is 14.9 Å². The molecule has 2 N–H and O–H groups in total. The van der Waals surface area contributed by atoms with Gasteiger partial charge in [0.05, 0.1) is 5.02 Å². The number of benzene rings is 1. The molecule has 0 aliphatic heterocycles. The van der Waals surface area contributed by atoms with Crippen LogP contribution in [0, 0.1) is 5.41 Å². The van der Waals surface area contributed by atoms with E-state index in [0.717, 1.165) is 30.9 Å². The number of halogens is 2. The zero-order valence-electron chi connectivity index (χ0n) is 15.5. The maximum Gasteiger partial charge on any atom is 0.359 e. The highest BCUT2D eigenvalue weighted by molar-refractivity contribution is 6.44. The molecule has 2 aliphatic rings. The molecule has 28 heavy (non-hydrogen) atoms. The van der Waals surface area contributed by atoms with Crippen LogP contribution in [0.15, 0.2) is 12.1 Å². The van der Waals surface area contributed by atoms with E-state index in [9.17, 15) is 24.6 Å². The number of carbonyl (C=O) groups is 3. The second-order valence-corrected chi connectivity index (χ2v) is 8.27. The predicted octanol–water partition coefficient (Wildman–Crippen LogP) is 4.39. The molecule has 2 aliphatic carbocycles. The van der Waals surface area contributed by atoms with E-state index >= 15 is 0 Å². The van der Waals surface area contributed by atoms with E-state index in [1.165, 1.54) is 0 Å². The molecule has 0 saturated carbocycles. The van der Waals surface area contributed by atoms with Crippen LogP contribution in [0.1, 0.15) is 50.7 Å². The van der Waals surface area contributed by atoms with E-state index in [4.69, 9.17) is 27.9 Å². The Kier molecular flexibility index (Phi) is 5.23. The molecular weight excluding hydrogens is 407 g/mol. The van der Waals surface area contributed by atoms with E-state index in [0.29, 0.717) is 24.8 Å². The van der Waals surface area contributed by atoms with Crippen LogP contribution >= 0.6 is 23.2 Å². The van der Waals surface area contributed by atoms with Gasteiger partial charge in [-0.2, -0.15) is 0 Å². The molecule has 1 atom stereocenters. The lowest BCUT2D eigenvalue weighted by Gasteiger charge is -2.33. The average molecular weight is 427 g/mol. The van der Waals surface area contributed by atoms with Crippen LogP contribution < -0.4 is 4.74 Å². The summed E-state index contributed by atoms with van der Waals surface area (Å²) in [6, 6.07) is 1.55. The van der Waals surface area contributed by atoms with Crippen LogP contribution in [0.2, 0.25) is 10.0 Å². The Morgan fingerprint density at radius 2 is 1.89 bits per heavy atom. The van der Waals surface area contributed by atoms with Crippen molar-refractivity contribution in [1.29, 1.82) is 0 Å². The number of carboxylic acids is 2. The second-order valence-electron chi connectivity index (χ2n) is 7.51. The molecule has 0 amide bonds. The molecule has 0 heterocycles. The third kappa shape index (κ3) is 3.08. The molecule has 3 rings (SSSR count). The Morgan fingerprint density at radius 1 is 1.25 bits per heavy atom. The van der Waals surface area contributed by atoms with Crippen molar-refractivity contribution in [2.24, 2.45) is 5.41 Å². The SMILES string of the molecule is CCCC12CCC(=O)C=C1c1c(cc(OC(C)(C(=O)O)C(=O)O)c(Cl)c1Cl)C2. The third-order valence-electron chi connectivity index (χ3n) is 5.64. The quantitative estimate of drug-likeness (QED) is 0.654. The molecular formula is C20H20Cl2O6. The van der Waals surface area contributed by atoms with Crippen LogP contribution in [-0.2, 0) is 20.8 Å². The van der Waals surface area contributed by atoms with Crippen LogP contribution in [0.5, 0.6) is 5.75 Å². The lowest BCUT2D eigenvalue weighted by Crippen LogP contribution is -2.49. The fourth-order valence-corrected chi connectivity index (χ4v) is 4.66. The van der Waals surface area contributed by atoms with Gasteiger partial charge in [-0.15, -0.1) is 0 Å². The van der Waals surface area contributed by atoms with Gasteiger partial charge in [-0.25, -0.2) is 9.59 Å². The van der Waals surface area contributed by atoms with Gasteiger partial charge in [-0.1, -0.05) is 36.5 Å². The van der Waals surface area contributed by atoms with Crippen LogP contribution in [0.3, 0.4) is 0 Å². The van der Waals surface area contributed by atoms with Gasteiger partial charge in [-0.3, -0.25) is 4.79 Å². The van der Waals surface area contributed by atoms with E-state index in [1.54, 1.807) is 12.1 Å². The summed E-state index contributed by atoms with van der Waals surface area (Å²) in [7, 11) is 0. The molecule has 0 fully saturated rings. The van der Waals surface area contributed by atoms with Crippen molar-refractivity contribution < 1.29 is 29.3 Å². The minimum Gasteiger partial charge on any atom is -0.478 e. The monoisotopic (exact) mass is 426 g/mol. The van der Waals surface area contributed by atoms with Crippen molar-refractivity contribution >= 4 is 46.5 Å². The molecule has 1 aromatic carbocycles. The summed E-state index contributed by atoms with van der Waals surface area (Å²) in [5, 5.41) is 18.7. The van der Waals surface area contributed by atoms with Gasteiger partial charge in [0, 0.05) is 17.4 Å². The molecule has 150 valence electrons. The molecule has 0 spiro atoms. The van der Waals surface area contributed by atoms with E-state index < -0.39 is 17.5 Å². The normalized spacial score (nSPS) is 21.0. The Balaban J connectivity index is 2.14. The highest BCUT2D eigenvalue weighted by atomic mass is 35.5. The lowest BCUT2D eigenvalue weighted by atomic mass is 9.70. The summed E-state index contributed by atoms with van der Waals surface area (Å²) in [4.78, 5) is 34.9. The number of fused-ring (bicyclic) bond motifs is 3. The number of aliphatic carboxylic acids is 2. The molecule has 0 radical (unpaired) electrons. The summed E-state index contributed by atoms with van der Waals surface area (Å²) in [5.41, 5.74) is -0.425. The van der Waals surface area contributed by atoms with Gasteiger partial charge in [0.15, 0.2) is 5.78 Å². The number of hydrogen-bond acceptors (Lipinski definition) is 4. The number of rotatable bonds is 6. The Morgan fingerprint density at radius 3 is 2.46 bits per heavy atom. The fourth-order valence-electron chi connectivity index (χ4n) is 4.15. The number of ketones is 1. The first-order valence-electron chi connectivity index (χ1n) is 8.98. The topological polar surface area (TPSA) is 101 Å². The summed E-state index contributed by atoms with van der Waals surface area (Å²) < 4.78 is 5.33. The first-order chi connectivity index (χ1) is 13.1. The fraction of sp³-hybridized carbons (Fsp3) is 0.450. The molecule has 1 aromatic rings. The highest BCUT2D eigenvalue weighted by Gasteiger charge is 2.48. The van der Waals surface area contributed by atoms with E-state index in [2.05, 4.69) is 6.92 Å². The molecule has 0 aromatic heterocycles. The van der Waals surface area contributed by atoms with E-state index in [1.807, 2.05) is 0 Å². The average Bonchev–Trinajstić information content (AvgIpc) is 2.92. The van der Waals surface area contributed by atoms with Crippen LogP contribution in [0.25, 0.3) is 5.57 Å². The number of carboxylic acid groups (broad SMARTS) is 2. The van der Waals surface area contributed by atoms with Gasteiger partial charge in [0.2, 0.25) is 0 Å². The van der Waals surface area contributed by atoms with Crippen molar-refractivity contribution in [2.75, 3.05) is 0 Å². The summed E-state index contributed by atoms with van der Waals surface area (Å²) in [6.45, 7) is 3.01. The van der Waals surface area contributed by atoms with E-state index in [-0.39, 0.29) is 27.0 Å². The Bertz CT molecular complexity index is 906. The Hall–Kier alpha value is -2.05. The lowest BCUT2D eigenvalue weighted by molar-refractivity contribution is -0.170. The molecule has 1 unspecified atom stereocenters. The second kappa shape index (κ2) is 7.08. The number of hydrogen-bond donors (Lipinski definition) is 2. The maximum absolute atomic E-state index is 12.1. The number of ether oxygens (including phenoxy) is 1. The summed E-state index contributed by atoms with van der Waals surface area (Å²) in [6.07, 6.45) is 5.19. The Labute approximate surface area is 172 Å². The first kappa shape index (κ1) is 20.7. The van der Waals surface area contributed by atoms with Crippen molar-refractivity contribution in [3.05, 3.63) is 33.3 Å². The first-order valence-corrected chi connectivity index (χ1v) is 9.73. The minimum absolute atomic E-state index is 0.0337. The number of carbonyl (C=O) groups excluding carboxylic acids is 1. The standard InChI is InChI=1S/C20H20Cl2O6/c1-3-5-20-6-4-11(23)8-12(20)14-10(9-20)7-13(15(21)16(14)22)28-19(2,17(24)25)18(26)27/h7-8H,3-6,9H2,1-2H3,(H,24,25)(H,26,27). The largest absolute Gasteiger partial charge is 0.478 e. The highest BCUT2D eigenvalue weighted by Crippen LogP contribution is 2.58. The molecule has 8 heteroatoms. The third-order valence-corrected chi connectivity index (χ3v) is 6.49. The van der Waals surface area contributed by atoms with Crippen LogP contribution in [0.4, 0.5) is 0 Å². The van der Waals surface area contributed by atoms with Gasteiger partial charge in [-0.05, 0) is 49.5 Å². The smallest absolute Gasteiger partial charge is 0.359 e. The molecule has 6 nitrogen and oxygen atoms in total. The summed E-state index contributed by atoms with van der Waals surface area (Å²) in [5.74, 6) is -3.38. The van der Waals surface area contributed by atoms with Gasteiger partial charge in [0.1, 0.15) is 10.8 Å². The van der Waals surface area contributed by atoms with Gasteiger partial charge >= 0.3 is 11.9 Å². The predicted molar refractivity (Wildman–Crippen MR) is 104 cm³/mol. The van der Waals surface area contributed by atoms with Crippen molar-refractivity contribution in [1.82, 2.24) is 0 Å². The van der Waals surface area contributed by atoms with Crippen molar-refractivity contribution in [2.45, 2.75) is 51.6 Å². The minimum atomic E-state index is -2.51. The number of allylic oxidation sites excluding steroid dienone is 2. The molecule has 0 bridgehead atoms. The zero-order chi connectivity index (χ0) is 20.9. The van der Waals surface area contributed by atoms with Gasteiger partial charge in [0.25, 0.3) is 5.60 Å². The molecule has 0 saturated heterocycles. The van der Waals surface area contributed by atoms with Crippen LogP contribution in [-0.4, -0.2) is 33.5 Å².